The third-order valence-corrected chi connectivity index (χ3v) is 2.21. The molecule has 72 valence electrons. The molecule has 0 unspecified atom stereocenters. The molecule has 1 aromatic rings. The van der Waals surface area contributed by atoms with Crippen LogP contribution in [0.2, 0.25) is 5.02 Å². The van der Waals surface area contributed by atoms with Gasteiger partial charge in [0.05, 0.1) is 5.69 Å². The van der Waals surface area contributed by atoms with Crippen LogP contribution in [0.25, 0.3) is 0 Å². The van der Waals surface area contributed by atoms with E-state index in [9.17, 15) is 5.11 Å². The van der Waals surface area contributed by atoms with Crippen molar-refractivity contribution in [1.82, 2.24) is 0 Å². The Kier molecular flexibility index (Phi) is 3.04. The molecular weight excluding hydrogens is 186 g/mol. The fourth-order valence-electron chi connectivity index (χ4n) is 1.25. The van der Waals surface area contributed by atoms with Gasteiger partial charge >= 0.3 is 0 Å². The number of hydrogen-bond acceptors (Lipinski definition) is 2. The van der Waals surface area contributed by atoms with Gasteiger partial charge in [-0.3, -0.25) is 0 Å². The Morgan fingerprint density at radius 1 is 1.38 bits per heavy atom. The predicted molar refractivity (Wildman–Crippen MR) is 56.8 cm³/mol. The topological polar surface area (TPSA) is 32.3 Å². The van der Waals surface area contributed by atoms with Crippen molar-refractivity contribution >= 4 is 17.3 Å². The second-order valence-corrected chi connectivity index (χ2v) is 3.73. The number of rotatable bonds is 2. The molecule has 2 nitrogen and oxygen atoms in total. The fourth-order valence-corrected chi connectivity index (χ4v) is 1.48. The number of benzene rings is 1. The van der Waals surface area contributed by atoms with Crippen molar-refractivity contribution in [2.45, 2.75) is 19.8 Å². The molecule has 1 aromatic carbocycles. The number of aromatic hydroxyl groups is 1. The minimum Gasteiger partial charge on any atom is -0.505 e. The van der Waals surface area contributed by atoms with E-state index in [1.54, 1.807) is 19.2 Å². The summed E-state index contributed by atoms with van der Waals surface area (Å²) in [4.78, 5) is 0. The molecule has 13 heavy (non-hydrogen) atoms. The van der Waals surface area contributed by atoms with E-state index >= 15 is 0 Å². The minimum atomic E-state index is 0.269. The van der Waals surface area contributed by atoms with Crippen LogP contribution in [-0.4, -0.2) is 12.2 Å². The van der Waals surface area contributed by atoms with Crippen molar-refractivity contribution < 1.29 is 5.11 Å². The molecule has 0 saturated carbocycles. The average molecular weight is 200 g/mol. The maximum Gasteiger partial charge on any atom is 0.142 e. The zero-order chi connectivity index (χ0) is 10.0. The van der Waals surface area contributed by atoms with Gasteiger partial charge in [0.25, 0.3) is 0 Å². The van der Waals surface area contributed by atoms with Gasteiger partial charge in [0.1, 0.15) is 5.75 Å². The molecule has 0 aliphatic rings. The molecule has 1 rings (SSSR count). The SMILES string of the molecule is CNc1cc(Cl)cc(C(C)C)c1O. The molecule has 0 amide bonds. The van der Waals surface area contributed by atoms with Gasteiger partial charge in [-0.2, -0.15) is 0 Å². The molecule has 0 fully saturated rings. The lowest BCUT2D eigenvalue weighted by Gasteiger charge is -2.12. The highest BCUT2D eigenvalue weighted by molar-refractivity contribution is 6.31. The Morgan fingerprint density at radius 3 is 2.46 bits per heavy atom. The molecule has 0 atom stereocenters. The van der Waals surface area contributed by atoms with Gasteiger partial charge in [0.2, 0.25) is 0 Å². The summed E-state index contributed by atoms with van der Waals surface area (Å²) in [7, 11) is 1.76. The van der Waals surface area contributed by atoms with Crippen LogP contribution in [0.4, 0.5) is 5.69 Å². The van der Waals surface area contributed by atoms with Crippen LogP contribution in [0.15, 0.2) is 12.1 Å². The van der Waals surface area contributed by atoms with Crippen LogP contribution in [0.3, 0.4) is 0 Å². The summed E-state index contributed by atoms with van der Waals surface area (Å²) >= 11 is 5.89. The summed E-state index contributed by atoms with van der Waals surface area (Å²) in [5, 5.41) is 13.3. The van der Waals surface area contributed by atoms with Gasteiger partial charge in [-0.25, -0.2) is 0 Å². The standard InChI is InChI=1S/C10H14ClNO/c1-6(2)8-4-7(11)5-9(12-3)10(8)13/h4-6,12-13H,1-3H3. The second-order valence-electron chi connectivity index (χ2n) is 3.30. The molecule has 0 bridgehead atoms. The molecule has 0 spiro atoms. The lowest BCUT2D eigenvalue weighted by atomic mass is 10.0. The first-order chi connectivity index (χ1) is 6.06. The van der Waals surface area contributed by atoms with Gasteiger partial charge in [0.15, 0.2) is 0 Å². The van der Waals surface area contributed by atoms with E-state index in [0.29, 0.717) is 16.5 Å². The normalized spacial score (nSPS) is 10.5. The summed E-state index contributed by atoms with van der Waals surface area (Å²) in [5.74, 6) is 0.563. The summed E-state index contributed by atoms with van der Waals surface area (Å²) < 4.78 is 0. The summed E-state index contributed by atoms with van der Waals surface area (Å²) in [5.41, 5.74) is 1.55. The first kappa shape index (κ1) is 10.2. The van der Waals surface area contributed by atoms with Crippen LogP contribution >= 0.6 is 11.6 Å². The highest BCUT2D eigenvalue weighted by Gasteiger charge is 2.10. The molecule has 3 heteroatoms. The van der Waals surface area contributed by atoms with Crippen molar-refractivity contribution in [1.29, 1.82) is 0 Å². The molecule has 0 aliphatic carbocycles. The first-order valence-electron chi connectivity index (χ1n) is 4.26. The number of phenols is 1. The number of nitrogens with one attached hydrogen (secondary N) is 1. The lowest BCUT2D eigenvalue weighted by molar-refractivity contribution is 0.467. The number of halogens is 1. The third-order valence-electron chi connectivity index (χ3n) is 2.00. The molecule has 2 N–H and O–H groups in total. The molecule has 0 heterocycles. The summed E-state index contributed by atoms with van der Waals surface area (Å²) in [6, 6.07) is 3.51. The van der Waals surface area contributed by atoms with Gasteiger partial charge in [-0.05, 0) is 18.1 Å². The monoisotopic (exact) mass is 199 g/mol. The third kappa shape index (κ3) is 2.07. The van der Waals surface area contributed by atoms with Crippen molar-refractivity contribution in [2.75, 3.05) is 12.4 Å². The Balaban J connectivity index is 3.27. The van der Waals surface area contributed by atoms with Crippen molar-refractivity contribution in [3.63, 3.8) is 0 Å². The van der Waals surface area contributed by atoms with Crippen molar-refractivity contribution in [3.8, 4) is 5.75 Å². The van der Waals surface area contributed by atoms with Gasteiger partial charge in [-0.15, -0.1) is 0 Å². The lowest BCUT2D eigenvalue weighted by Crippen LogP contribution is -1.94. The first-order valence-corrected chi connectivity index (χ1v) is 4.64. The van der Waals surface area contributed by atoms with E-state index in [2.05, 4.69) is 5.32 Å². The quantitative estimate of drug-likeness (QED) is 0.717. The van der Waals surface area contributed by atoms with Crippen LogP contribution in [-0.2, 0) is 0 Å². The van der Waals surface area contributed by atoms with Gasteiger partial charge in [-0.1, -0.05) is 25.4 Å². The average Bonchev–Trinajstić information content (AvgIpc) is 2.08. The van der Waals surface area contributed by atoms with E-state index in [4.69, 9.17) is 11.6 Å². The van der Waals surface area contributed by atoms with E-state index in [-0.39, 0.29) is 5.92 Å². The zero-order valence-corrected chi connectivity index (χ0v) is 8.81. The van der Waals surface area contributed by atoms with Crippen LogP contribution in [0.1, 0.15) is 25.3 Å². The maximum absolute atomic E-state index is 9.76. The highest BCUT2D eigenvalue weighted by Crippen LogP contribution is 2.35. The van der Waals surface area contributed by atoms with Crippen molar-refractivity contribution in [2.24, 2.45) is 0 Å². The summed E-state index contributed by atoms with van der Waals surface area (Å²) in [6.45, 7) is 4.04. The number of anilines is 1. The predicted octanol–water partition coefficient (Wildman–Crippen LogP) is 3.21. The Bertz CT molecular complexity index is 310. The fraction of sp³-hybridized carbons (Fsp3) is 0.400. The highest BCUT2D eigenvalue weighted by atomic mass is 35.5. The Labute approximate surface area is 83.5 Å². The van der Waals surface area contributed by atoms with Gasteiger partial charge in [0, 0.05) is 17.6 Å². The number of hydrogen-bond donors (Lipinski definition) is 2. The molecular formula is C10H14ClNO. The summed E-state index contributed by atoms with van der Waals surface area (Å²) in [6.07, 6.45) is 0. The van der Waals surface area contributed by atoms with Crippen LogP contribution < -0.4 is 5.32 Å². The van der Waals surface area contributed by atoms with E-state index in [0.717, 1.165) is 5.56 Å². The second kappa shape index (κ2) is 3.88. The molecule has 0 saturated heterocycles. The van der Waals surface area contributed by atoms with E-state index in [1.807, 2.05) is 13.8 Å². The minimum absolute atomic E-state index is 0.269. The molecule has 0 aromatic heterocycles. The van der Waals surface area contributed by atoms with Crippen LogP contribution in [0, 0.1) is 0 Å². The largest absolute Gasteiger partial charge is 0.505 e. The van der Waals surface area contributed by atoms with E-state index < -0.39 is 0 Å². The van der Waals surface area contributed by atoms with Gasteiger partial charge < -0.3 is 10.4 Å². The zero-order valence-electron chi connectivity index (χ0n) is 8.06. The smallest absolute Gasteiger partial charge is 0.142 e. The molecule has 0 radical (unpaired) electrons. The Morgan fingerprint density at radius 2 is 2.00 bits per heavy atom. The maximum atomic E-state index is 9.76. The van der Waals surface area contributed by atoms with Crippen LogP contribution in [0.5, 0.6) is 5.75 Å². The van der Waals surface area contributed by atoms with Crippen molar-refractivity contribution in [3.05, 3.63) is 22.7 Å². The Hall–Kier alpha value is -0.890. The van der Waals surface area contributed by atoms with E-state index in [1.165, 1.54) is 0 Å². The molecule has 0 aliphatic heterocycles. The number of phenolic OH excluding ortho intramolecular Hbond substituents is 1.